The van der Waals surface area contributed by atoms with Gasteiger partial charge in [-0.2, -0.15) is 0 Å². The van der Waals surface area contributed by atoms with Gasteiger partial charge in [-0.05, 0) is 38.2 Å². The Balaban J connectivity index is 1.39. The van der Waals surface area contributed by atoms with Gasteiger partial charge in [0.1, 0.15) is 0 Å². The lowest BCUT2D eigenvalue weighted by Gasteiger charge is -2.33. The Kier molecular flexibility index (Phi) is 6.53. The molecule has 0 atom stereocenters. The van der Waals surface area contributed by atoms with Crippen LogP contribution in [0.2, 0.25) is 0 Å². The van der Waals surface area contributed by atoms with E-state index in [-0.39, 0.29) is 17.9 Å². The summed E-state index contributed by atoms with van der Waals surface area (Å²) in [4.78, 5) is 26.7. The molecule has 5 heteroatoms. The zero-order valence-corrected chi connectivity index (χ0v) is 15.8. The SMILES string of the molecule is Cc1cccc(CNC(=O)C2CCN(C(=O)NC3CCCCC3)CC2)c1. The molecule has 5 nitrogen and oxygen atoms in total. The van der Waals surface area contributed by atoms with Gasteiger partial charge in [0.15, 0.2) is 0 Å². The predicted molar refractivity (Wildman–Crippen MR) is 103 cm³/mol. The molecule has 1 aliphatic heterocycles. The Bertz CT molecular complexity index is 617. The van der Waals surface area contributed by atoms with E-state index in [4.69, 9.17) is 0 Å². The van der Waals surface area contributed by atoms with Crippen LogP contribution in [0.25, 0.3) is 0 Å². The molecular formula is C21H31N3O2. The zero-order valence-electron chi connectivity index (χ0n) is 15.8. The van der Waals surface area contributed by atoms with Gasteiger partial charge in [0, 0.05) is 31.6 Å². The summed E-state index contributed by atoms with van der Waals surface area (Å²) < 4.78 is 0. The standard InChI is InChI=1S/C21H31N3O2/c1-16-6-5-7-17(14-16)15-22-20(25)18-10-12-24(13-11-18)21(26)23-19-8-3-2-4-9-19/h5-7,14,18-19H,2-4,8-13,15H2,1H3,(H,22,25)(H,23,26). The molecule has 26 heavy (non-hydrogen) atoms. The van der Waals surface area contributed by atoms with E-state index in [0.29, 0.717) is 25.7 Å². The van der Waals surface area contributed by atoms with E-state index in [1.54, 1.807) is 0 Å². The molecule has 0 radical (unpaired) electrons. The second kappa shape index (κ2) is 9.06. The summed E-state index contributed by atoms with van der Waals surface area (Å²) in [5, 5.41) is 6.22. The smallest absolute Gasteiger partial charge is 0.317 e. The Labute approximate surface area is 156 Å². The molecule has 0 bridgehead atoms. The molecule has 0 aromatic heterocycles. The number of nitrogens with zero attached hydrogens (tertiary/aromatic N) is 1. The van der Waals surface area contributed by atoms with Gasteiger partial charge in [-0.1, -0.05) is 49.1 Å². The van der Waals surface area contributed by atoms with Crippen LogP contribution >= 0.6 is 0 Å². The highest BCUT2D eigenvalue weighted by atomic mass is 16.2. The molecule has 2 N–H and O–H groups in total. The van der Waals surface area contributed by atoms with Crippen molar-refractivity contribution in [3.63, 3.8) is 0 Å². The van der Waals surface area contributed by atoms with Gasteiger partial charge in [0.05, 0.1) is 0 Å². The lowest BCUT2D eigenvalue weighted by atomic mass is 9.95. The molecule has 0 unspecified atom stereocenters. The van der Waals surface area contributed by atoms with Crippen LogP contribution in [0.15, 0.2) is 24.3 Å². The van der Waals surface area contributed by atoms with Crippen molar-refractivity contribution in [1.29, 1.82) is 0 Å². The van der Waals surface area contributed by atoms with Crippen molar-refractivity contribution in [2.75, 3.05) is 13.1 Å². The van der Waals surface area contributed by atoms with Crippen LogP contribution < -0.4 is 10.6 Å². The Morgan fingerprint density at radius 3 is 2.50 bits per heavy atom. The van der Waals surface area contributed by atoms with E-state index in [2.05, 4.69) is 29.7 Å². The van der Waals surface area contributed by atoms with Crippen LogP contribution in [0.3, 0.4) is 0 Å². The highest BCUT2D eigenvalue weighted by Crippen LogP contribution is 2.20. The summed E-state index contributed by atoms with van der Waals surface area (Å²) in [5.74, 6) is 0.123. The number of hydrogen-bond donors (Lipinski definition) is 2. The van der Waals surface area contributed by atoms with Crippen LogP contribution in [0.1, 0.15) is 56.1 Å². The highest BCUT2D eigenvalue weighted by molar-refractivity contribution is 5.79. The first-order chi connectivity index (χ1) is 12.6. The molecule has 3 amide bonds. The molecule has 1 saturated heterocycles. The molecule has 0 spiro atoms. The Hall–Kier alpha value is -2.04. The molecule has 2 fully saturated rings. The summed E-state index contributed by atoms with van der Waals surface area (Å²) in [6.45, 7) is 3.96. The summed E-state index contributed by atoms with van der Waals surface area (Å²) in [5.41, 5.74) is 2.33. The van der Waals surface area contributed by atoms with Crippen LogP contribution in [-0.2, 0) is 11.3 Å². The topological polar surface area (TPSA) is 61.4 Å². The van der Waals surface area contributed by atoms with Crippen molar-refractivity contribution >= 4 is 11.9 Å². The highest BCUT2D eigenvalue weighted by Gasteiger charge is 2.28. The zero-order chi connectivity index (χ0) is 18.4. The maximum atomic E-state index is 12.4. The molecule has 1 aromatic rings. The number of hydrogen-bond acceptors (Lipinski definition) is 2. The predicted octanol–water partition coefficient (Wildman–Crippen LogP) is 3.37. The lowest BCUT2D eigenvalue weighted by molar-refractivity contribution is -0.126. The number of carbonyl (C=O) groups excluding carboxylic acids is 2. The number of amides is 3. The van der Waals surface area contributed by atoms with Gasteiger partial charge >= 0.3 is 6.03 Å². The molecule has 1 aromatic carbocycles. The van der Waals surface area contributed by atoms with Gasteiger partial charge in [-0.15, -0.1) is 0 Å². The fourth-order valence-electron chi connectivity index (χ4n) is 4.01. The van der Waals surface area contributed by atoms with E-state index in [0.717, 1.165) is 31.2 Å². The maximum Gasteiger partial charge on any atom is 0.317 e. The van der Waals surface area contributed by atoms with Crippen molar-refractivity contribution in [3.05, 3.63) is 35.4 Å². The second-order valence-electron chi connectivity index (χ2n) is 7.75. The Morgan fingerprint density at radius 2 is 1.81 bits per heavy atom. The number of rotatable bonds is 4. The third kappa shape index (κ3) is 5.23. The van der Waals surface area contributed by atoms with Crippen LogP contribution in [0, 0.1) is 12.8 Å². The average Bonchev–Trinajstić information content (AvgIpc) is 2.67. The molecular weight excluding hydrogens is 326 g/mol. The van der Waals surface area contributed by atoms with Crippen molar-refractivity contribution in [2.45, 2.75) is 64.5 Å². The van der Waals surface area contributed by atoms with Gasteiger partial charge in [-0.3, -0.25) is 4.79 Å². The number of benzene rings is 1. The molecule has 1 heterocycles. The summed E-state index contributed by atoms with van der Waals surface area (Å²) in [6, 6.07) is 8.59. The van der Waals surface area contributed by atoms with E-state index >= 15 is 0 Å². The first kappa shape index (κ1) is 18.7. The largest absolute Gasteiger partial charge is 0.352 e. The van der Waals surface area contributed by atoms with Gasteiger partial charge in [0.25, 0.3) is 0 Å². The maximum absolute atomic E-state index is 12.4. The number of carbonyl (C=O) groups is 2. The first-order valence-corrected chi connectivity index (χ1v) is 10.0. The van der Waals surface area contributed by atoms with E-state index in [9.17, 15) is 9.59 Å². The number of urea groups is 1. The third-order valence-electron chi connectivity index (χ3n) is 5.63. The number of likely N-dealkylation sites (tertiary alicyclic amines) is 1. The van der Waals surface area contributed by atoms with E-state index < -0.39 is 0 Å². The lowest BCUT2D eigenvalue weighted by Crippen LogP contribution is -2.49. The summed E-state index contributed by atoms with van der Waals surface area (Å²) >= 11 is 0. The van der Waals surface area contributed by atoms with E-state index in [1.807, 2.05) is 17.0 Å². The normalized spacial score (nSPS) is 19.2. The minimum Gasteiger partial charge on any atom is -0.352 e. The van der Waals surface area contributed by atoms with Gasteiger partial charge in [0.2, 0.25) is 5.91 Å². The molecule has 1 aliphatic carbocycles. The van der Waals surface area contributed by atoms with E-state index in [1.165, 1.54) is 24.8 Å². The number of nitrogens with one attached hydrogen (secondary N) is 2. The van der Waals surface area contributed by atoms with Crippen molar-refractivity contribution in [3.8, 4) is 0 Å². The van der Waals surface area contributed by atoms with Crippen LogP contribution in [-0.4, -0.2) is 36.0 Å². The monoisotopic (exact) mass is 357 g/mol. The third-order valence-corrected chi connectivity index (χ3v) is 5.63. The second-order valence-corrected chi connectivity index (χ2v) is 7.75. The summed E-state index contributed by atoms with van der Waals surface area (Å²) in [7, 11) is 0. The molecule has 3 rings (SSSR count). The van der Waals surface area contributed by atoms with Crippen molar-refractivity contribution < 1.29 is 9.59 Å². The summed E-state index contributed by atoms with van der Waals surface area (Å²) in [6.07, 6.45) is 7.42. The van der Waals surface area contributed by atoms with Gasteiger partial charge in [-0.25, -0.2) is 4.79 Å². The average molecular weight is 357 g/mol. The first-order valence-electron chi connectivity index (χ1n) is 10.0. The van der Waals surface area contributed by atoms with Crippen molar-refractivity contribution in [2.24, 2.45) is 5.92 Å². The van der Waals surface area contributed by atoms with Crippen molar-refractivity contribution in [1.82, 2.24) is 15.5 Å². The molecule has 142 valence electrons. The minimum atomic E-state index is 0.0125. The minimum absolute atomic E-state index is 0.0125. The number of aryl methyl sites for hydroxylation is 1. The molecule has 2 aliphatic rings. The van der Waals surface area contributed by atoms with Gasteiger partial charge < -0.3 is 15.5 Å². The molecule has 1 saturated carbocycles. The fourth-order valence-corrected chi connectivity index (χ4v) is 4.01. The fraction of sp³-hybridized carbons (Fsp3) is 0.619. The van der Waals surface area contributed by atoms with Crippen LogP contribution in [0.5, 0.6) is 0 Å². The van der Waals surface area contributed by atoms with Crippen LogP contribution in [0.4, 0.5) is 4.79 Å². The number of piperidine rings is 1. The Morgan fingerprint density at radius 1 is 1.08 bits per heavy atom. The quantitative estimate of drug-likeness (QED) is 0.868.